The van der Waals surface area contributed by atoms with Crippen molar-refractivity contribution in [3.8, 4) is 17.1 Å². The lowest BCUT2D eigenvalue weighted by molar-refractivity contribution is 0.0556. The van der Waals surface area contributed by atoms with Crippen LogP contribution in [0.2, 0.25) is 0 Å². The van der Waals surface area contributed by atoms with Crippen LogP contribution in [0.25, 0.3) is 21.9 Å². The van der Waals surface area contributed by atoms with Crippen molar-refractivity contribution in [2.75, 3.05) is 7.11 Å². The monoisotopic (exact) mass is 310 g/mol. The van der Waals surface area contributed by atoms with Gasteiger partial charge in [-0.3, -0.25) is 0 Å². The van der Waals surface area contributed by atoms with Gasteiger partial charge in [0.1, 0.15) is 0 Å². The maximum atomic E-state index is 11.9. The molecule has 0 aliphatic carbocycles. The largest absolute Gasteiger partial charge is 0.463 e. The summed E-state index contributed by atoms with van der Waals surface area (Å²) in [5, 5.41) is 1.45. The van der Waals surface area contributed by atoms with Crippen molar-refractivity contribution < 1.29 is 18.7 Å². The van der Waals surface area contributed by atoms with E-state index in [0.29, 0.717) is 11.3 Å². The van der Waals surface area contributed by atoms with Crippen LogP contribution in [0.4, 0.5) is 0 Å². The van der Waals surface area contributed by atoms with Crippen LogP contribution in [0.3, 0.4) is 0 Å². The van der Waals surface area contributed by atoms with E-state index in [1.165, 1.54) is 7.11 Å². The Morgan fingerprint density at radius 1 is 1.00 bits per heavy atom. The van der Waals surface area contributed by atoms with Crippen LogP contribution in [0.5, 0.6) is 5.95 Å². The number of furan rings is 1. The molecule has 4 nitrogen and oxygen atoms in total. The van der Waals surface area contributed by atoms with Crippen molar-refractivity contribution in [1.82, 2.24) is 0 Å². The molecule has 0 aliphatic heterocycles. The van der Waals surface area contributed by atoms with E-state index in [1.54, 1.807) is 0 Å². The van der Waals surface area contributed by atoms with Crippen molar-refractivity contribution in [1.29, 1.82) is 0 Å². The second kappa shape index (κ2) is 6.16. The standard InChI is InChI=1S/C19H18O4/c1-12(2)22-19-16-11-14(13-7-5-4-6-8-13)9-10-15(16)17(23-19)18(20)21-3/h4-12H,1-3H3. The molecule has 0 unspecified atom stereocenters. The van der Waals surface area contributed by atoms with Gasteiger partial charge in [0.05, 0.1) is 18.6 Å². The van der Waals surface area contributed by atoms with Gasteiger partial charge in [-0.2, -0.15) is 0 Å². The molecular weight excluding hydrogens is 292 g/mol. The maximum absolute atomic E-state index is 11.9. The minimum Gasteiger partial charge on any atom is -0.463 e. The molecular formula is C19H18O4. The summed E-state index contributed by atoms with van der Waals surface area (Å²) < 4.78 is 16.1. The molecule has 0 fully saturated rings. The maximum Gasteiger partial charge on any atom is 0.374 e. The number of ether oxygens (including phenoxy) is 2. The second-order valence-corrected chi connectivity index (χ2v) is 5.50. The Morgan fingerprint density at radius 3 is 2.39 bits per heavy atom. The van der Waals surface area contributed by atoms with Gasteiger partial charge in [-0.05, 0) is 37.1 Å². The quantitative estimate of drug-likeness (QED) is 0.657. The van der Waals surface area contributed by atoms with Crippen LogP contribution < -0.4 is 4.74 Å². The summed E-state index contributed by atoms with van der Waals surface area (Å²) in [7, 11) is 1.33. The molecule has 0 N–H and O–H groups in total. The minimum absolute atomic E-state index is 0.0600. The van der Waals surface area contributed by atoms with Gasteiger partial charge in [-0.15, -0.1) is 0 Å². The van der Waals surface area contributed by atoms with E-state index in [1.807, 2.05) is 62.4 Å². The van der Waals surface area contributed by atoms with Crippen molar-refractivity contribution >= 4 is 16.7 Å². The normalized spacial score (nSPS) is 11.0. The molecule has 3 aromatic rings. The predicted octanol–water partition coefficient (Wildman–Crippen LogP) is 4.67. The molecule has 1 heterocycles. The molecule has 2 aromatic carbocycles. The number of hydrogen-bond donors (Lipinski definition) is 0. The Morgan fingerprint density at radius 2 is 1.74 bits per heavy atom. The molecule has 0 saturated heterocycles. The lowest BCUT2D eigenvalue weighted by atomic mass is 10.0. The van der Waals surface area contributed by atoms with Crippen LogP contribution >= 0.6 is 0 Å². The average molecular weight is 310 g/mol. The third kappa shape index (κ3) is 2.93. The Kier molecular flexibility index (Phi) is 4.06. The highest BCUT2D eigenvalue weighted by Gasteiger charge is 2.22. The van der Waals surface area contributed by atoms with Gasteiger partial charge in [0.2, 0.25) is 5.76 Å². The fraction of sp³-hybridized carbons (Fsp3) is 0.211. The molecule has 4 heteroatoms. The van der Waals surface area contributed by atoms with Crippen molar-refractivity contribution in [3.05, 3.63) is 54.3 Å². The number of esters is 1. The van der Waals surface area contributed by atoms with Crippen molar-refractivity contribution in [2.24, 2.45) is 0 Å². The smallest absolute Gasteiger partial charge is 0.374 e. The summed E-state index contributed by atoms with van der Waals surface area (Å²) in [6.07, 6.45) is -0.0600. The Labute approximate surface area is 134 Å². The first kappa shape index (κ1) is 15.2. The number of methoxy groups -OCH3 is 1. The summed E-state index contributed by atoms with van der Waals surface area (Å²) in [6.45, 7) is 3.82. The van der Waals surface area contributed by atoms with Crippen molar-refractivity contribution in [2.45, 2.75) is 20.0 Å². The number of rotatable bonds is 4. The van der Waals surface area contributed by atoms with Gasteiger partial charge in [-0.25, -0.2) is 4.79 Å². The van der Waals surface area contributed by atoms with Gasteiger partial charge < -0.3 is 13.9 Å². The molecule has 0 bridgehead atoms. The number of fused-ring (bicyclic) bond motifs is 1. The highest BCUT2D eigenvalue weighted by Crippen LogP contribution is 2.36. The Balaban J connectivity index is 2.18. The number of benzene rings is 2. The van der Waals surface area contributed by atoms with Crippen LogP contribution in [-0.2, 0) is 4.74 Å². The predicted molar refractivity (Wildman–Crippen MR) is 88.8 cm³/mol. The molecule has 0 atom stereocenters. The fourth-order valence-electron chi connectivity index (χ4n) is 2.47. The molecule has 0 saturated carbocycles. The lowest BCUT2D eigenvalue weighted by Crippen LogP contribution is -2.05. The molecule has 23 heavy (non-hydrogen) atoms. The van der Waals surface area contributed by atoms with Crippen LogP contribution in [0.1, 0.15) is 24.4 Å². The third-order valence-corrected chi connectivity index (χ3v) is 3.50. The average Bonchev–Trinajstić information content (AvgIpc) is 2.92. The topological polar surface area (TPSA) is 48.7 Å². The van der Waals surface area contributed by atoms with E-state index in [9.17, 15) is 4.79 Å². The van der Waals surface area contributed by atoms with Crippen molar-refractivity contribution in [3.63, 3.8) is 0 Å². The highest BCUT2D eigenvalue weighted by molar-refractivity contribution is 6.05. The lowest BCUT2D eigenvalue weighted by Gasteiger charge is -2.07. The number of hydrogen-bond acceptors (Lipinski definition) is 4. The summed E-state index contributed by atoms with van der Waals surface area (Å²) in [6, 6.07) is 15.8. The van der Waals surface area contributed by atoms with Gasteiger partial charge in [0.25, 0.3) is 5.95 Å². The molecule has 1 aromatic heterocycles. The first-order valence-electron chi connectivity index (χ1n) is 7.47. The van der Waals surface area contributed by atoms with E-state index in [0.717, 1.165) is 16.5 Å². The number of carbonyl (C=O) groups excluding carboxylic acids is 1. The summed E-state index contributed by atoms with van der Waals surface area (Å²) in [5.41, 5.74) is 2.12. The minimum atomic E-state index is -0.513. The van der Waals surface area contributed by atoms with Gasteiger partial charge in [-0.1, -0.05) is 36.4 Å². The molecule has 0 amide bonds. The zero-order valence-electron chi connectivity index (χ0n) is 13.3. The molecule has 0 radical (unpaired) electrons. The fourth-order valence-corrected chi connectivity index (χ4v) is 2.47. The summed E-state index contributed by atoms with van der Waals surface area (Å²) >= 11 is 0. The van der Waals surface area contributed by atoms with Gasteiger partial charge >= 0.3 is 5.97 Å². The SMILES string of the molecule is COC(=O)c1oc(OC(C)C)c2cc(-c3ccccc3)ccc12. The second-order valence-electron chi connectivity index (χ2n) is 5.50. The molecule has 118 valence electrons. The Bertz CT molecular complexity index is 831. The van der Waals surface area contributed by atoms with Crippen LogP contribution in [0, 0.1) is 0 Å². The van der Waals surface area contributed by atoms with Gasteiger partial charge in [0.15, 0.2) is 0 Å². The van der Waals surface area contributed by atoms with E-state index < -0.39 is 5.97 Å². The molecule has 0 spiro atoms. The highest BCUT2D eigenvalue weighted by atomic mass is 16.6. The molecule has 0 aliphatic rings. The molecule has 3 rings (SSSR count). The van der Waals surface area contributed by atoms with E-state index in [2.05, 4.69) is 0 Å². The number of carbonyl (C=O) groups is 1. The first-order chi connectivity index (χ1) is 11.1. The summed E-state index contributed by atoms with van der Waals surface area (Å²) in [5.74, 6) is -0.00740. The zero-order valence-corrected chi connectivity index (χ0v) is 13.3. The Hall–Kier alpha value is -2.75. The zero-order chi connectivity index (χ0) is 16.4. The van der Waals surface area contributed by atoms with Crippen LogP contribution in [0.15, 0.2) is 52.9 Å². The summed E-state index contributed by atoms with van der Waals surface area (Å²) in [4.78, 5) is 11.9. The van der Waals surface area contributed by atoms with E-state index >= 15 is 0 Å². The van der Waals surface area contributed by atoms with Gasteiger partial charge in [0, 0.05) is 5.39 Å². The first-order valence-corrected chi connectivity index (χ1v) is 7.47. The van der Waals surface area contributed by atoms with E-state index in [4.69, 9.17) is 13.9 Å². The third-order valence-electron chi connectivity index (χ3n) is 3.50. The van der Waals surface area contributed by atoms with E-state index in [-0.39, 0.29) is 11.9 Å². The van der Waals surface area contributed by atoms with Crippen LogP contribution in [-0.4, -0.2) is 19.2 Å².